The standard InChI is InChI=1S/C16H30N2O3/c1-13(2)17-10-15-6-7-16(21-15)11-18(8-9-19-4)14(3)12-20-5/h6-7,13-14,17H,8-12H2,1-5H3. The molecule has 0 amide bonds. The first-order chi connectivity index (χ1) is 10.1. The summed E-state index contributed by atoms with van der Waals surface area (Å²) in [5.41, 5.74) is 0. The maximum atomic E-state index is 5.89. The maximum Gasteiger partial charge on any atom is 0.118 e. The normalized spacial score (nSPS) is 13.3. The van der Waals surface area contributed by atoms with Crippen molar-refractivity contribution < 1.29 is 13.9 Å². The molecule has 0 aliphatic rings. The Morgan fingerprint density at radius 2 is 1.86 bits per heavy atom. The van der Waals surface area contributed by atoms with Gasteiger partial charge in [0.05, 0.1) is 26.3 Å². The molecule has 1 atom stereocenters. The van der Waals surface area contributed by atoms with Gasteiger partial charge in [-0.3, -0.25) is 4.90 Å². The summed E-state index contributed by atoms with van der Waals surface area (Å²) in [5, 5.41) is 3.36. The van der Waals surface area contributed by atoms with Gasteiger partial charge < -0.3 is 19.2 Å². The van der Waals surface area contributed by atoms with Crippen LogP contribution in [0.4, 0.5) is 0 Å². The molecule has 0 spiro atoms. The van der Waals surface area contributed by atoms with E-state index in [2.05, 4.69) is 37.1 Å². The molecule has 0 radical (unpaired) electrons. The summed E-state index contributed by atoms with van der Waals surface area (Å²) in [6.07, 6.45) is 0. The summed E-state index contributed by atoms with van der Waals surface area (Å²) in [6, 6.07) is 4.88. The first kappa shape index (κ1) is 18.2. The molecule has 1 N–H and O–H groups in total. The van der Waals surface area contributed by atoms with Gasteiger partial charge in [0.25, 0.3) is 0 Å². The van der Waals surface area contributed by atoms with E-state index in [0.29, 0.717) is 25.3 Å². The highest BCUT2D eigenvalue weighted by Crippen LogP contribution is 2.13. The van der Waals surface area contributed by atoms with Crippen molar-refractivity contribution >= 4 is 0 Å². The third-order valence-electron chi connectivity index (χ3n) is 3.37. The van der Waals surface area contributed by atoms with Crippen LogP contribution in [0.15, 0.2) is 16.5 Å². The molecular formula is C16H30N2O3. The van der Waals surface area contributed by atoms with Gasteiger partial charge in [-0.25, -0.2) is 0 Å². The zero-order valence-corrected chi connectivity index (χ0v) is 14.0. The van der Waals surface area contributed by atoms with E-state index < -0.39 is 0 Å². The van der Waals surface area contributed by atoms with Crippen molar-refractivity contribution in [3.8, 4) is 0 Å². The van der Waals surface area contributed by atoms with E-state index in [0.717, 1.165) is 31.2 Å². The number of ether oxygens (including phenoxy) is 2. The van der Waals surface area contributed by atoms with Gasteiger partial charge in [0.15, 0.2) is 0 Å². The van der Waals surface area contributed by atoms with Crippen LogP contribution >= 0.6 is 0 Å². The van der Waals surface area contributed by atoms with Gasteiger partial charge >= 0.3 is 0 Å². The number of hydrogen-bond donors (Lipinski definition) is 1. The summed E-state index contributed by atoms with van der Waals surface area (Å²) in [4.78, 5) is 2.31. The zero-order valence-electron chi connectivity index (χ0n) is 14.0. The Hall–Kier alpha value is -0.880. The fraction of sp³-hybridized carbons (Fsp3) is 0.750. The average Bonchev–Trinajstić information content (AvgIpc) is 2.89. The van der Waals surface area contributed by atoms with E-state index in [9.17, 15) is 0 Å². The van der Waals surface area contributed by atoms with E-state index in [1.54, 1.807) is 14.2 Å². The summed E-state index contributed by atoms with van der Waals surface area (Å²) in [7, 11) is 3.45. The second kappa shape index (κ2) is 9.95. The second-order valence-electron chi connectivity index (χ2n) is 5.67. The number of methoxy groups -OCH3 is 2. The van der Waals surface area contributed by atoms with Crippen LogP contribution in [0, 0.1) is 0 Å². The minimum atomic E-state index is 0.326. The SMILES string of the molecule is COCCN(Cc1ccc(CNC(C)C)o1)C(C)COC. The Morgan fingerprint density at radius 3 is 2.48 bits per heavy atom. The van der Waals surface area contributed by atoms with Crippen molar-refractivity contribution in [2.24, 2.45) is 0 Å². The van der Waals surface area contributed by atoms with Crippen LogP contribution in [0.1, 0.15) is 32.3 Å². The minimum Gasteiger partial charge on any atom is -0.463 e. The van der Waals surface area contributed by atoms with E-state index in [1.807, 2.05) is 6.07 Å². The first-order valence-electron chi connectivity index (χ1n) is 7.59. The Morgan fingerprint density at radius 1 is 1.14 bits per heavy atom. The van der Waals surface area contributed by atoms with Crippen LogP contribution in [0.5, 0.6) is 0 Å². The van der Waals surface area contributed by atoms with Gasteiger partial charge in [0, 0.05) is 32.8 Å². The lowest BCUT2D eigenvalue weighted by atomic mass is 10.2. The van der Waals surface area contributed by atoms with E-state index >= 15 is 0 Å². The van der Waals surface area contributed by atoms with Crippen LogP contribution in [-0.4, -0.2) is 51.0 Å². The fourth-order valence-corrected chi connectivity index (χ4v) is 2.12. The molecule has 5 nitrogen and oxygen atoms in total. The smallest absolute Gasteiger partial charge is 0.118 e. The first-order valence-corrected chi connectivity index (χ1v) is 7.59. The maximum absolute atomic E-state index is 5.89. The summed E-state index contributed by atoms with van der Waals surface area (Å²) in [5.74, 6) is 1.96. The molecule has 1 unspecified atom stereocenters. The number of rotatable bonds is 11. The minimum absolute atomic E-state index is 0.326. The Kier molecular flexibility index (Phi) is 8.61. The van der Waals surface area contributed by atoms with Gasteiger partial charge in [-0.1, -0.05) is 13.8 Å². The molecular weight excluding hydrogens is 268 g/mol. The van der Waals surface area contributed by atoms with Crippen LogP contribution in [0.2, 0.25) is 0 Å². The Labute approximate surface area is 128 Å². The van der Waals surface area contributed by atoms with Crippen molar-refractivity contribution in [3.63, 3.8) is 0 Å². The van der Waals surface area contributed by atoms with Gasteiger partial charge in [0.1, 0.15) is 11.5 Å². The summed E-state index contributed by atoms with van der Waals surface area (Å²) in [6.45, 7) is 10.2. The molecule has 0 saturated carbocycles. The van der Waals surface area contributed by atoms with E-state index in [1.165, 1.54) is 0 Å². The molecule has 0 aromatic carbocycles. The van der Waals surface area contributed by atoms with Crippen molar-refractivity contribution in [2.45, 2.75) is 45.9 Å². The lowest BCUT2D eigenvalue weighted by Gasteiger charge is -2.27. The highest BCUT2D eigenvalue weighted by Gasteiger charge is 2.16. The summed E-state index contributed by atoms with van der Waals surface area (Å²) >= 11 is 0. The molecule has 122 valence electrons. The van der Waals surface area contributed by atoms with Crippen LogP contribution < -0.4 is 5.32 Å². The molecule has 1 rings (SSSR count). The molecule has 21 heavy (non-hydrogen) atoms. The predicted molar refractivity (Wildman–Crippen MR) is 84.3 cm³/mol. The highest BCUT2D eigenvalue weighted by atomic mass is 16.5. The molecule has 0 aliphatic carbocycles. The third kappa shape index (κ3) is 7.09. The van der Waals surface area contributed by atoms with Crippen molar-refractivity contribution in [3.05, 3.63) is 23.7 Å². The molecule has 0 saturated heterocycles. The monoisotopic (exact) mass is 298 g/mol. The van der Waals surface area contributed by atoms with Gasteiger partial charge in [-0.2, -0.15) is 0 Å². The molecule has 1 heterocycles. The largest absolute Gasteiger partial charge is 0.463 e. The second-order valence-corrected chi connectivity index (χ2v) is 5.67. The van der Waals surface area contributed by atoms with Crippen LogP contribution in [0.25, 0.3) is 0 Å². The molecule has 0 aliphatic heterocycles. The number of furan rings is 1. The quantitative estimate of drug-likeness (QED) is 0.679. The van der Waals surface area contributed by atoms with E-state index in [4.69, 9.17) is 13.9 Å². The topological polar surface area (TPSA) is 46.9 Å². The fourth-order valence-electron chi connectivity index (χ4n) is 2.12. The average molecular weight is 298 g/mol. The Balaban J connectivity index is 2.56. The molecule has 0 bridgehead atoms. The lowest BCUT2D eigenvalue weighted by molar-refractivity contribution is 0.0661. The van der Waals surface area contributed by atoms with Crippen LogP contribution in [-0.2, 0) is 22.6 Å². The predicted octanol–water partition coefficient (Wildman–Crippen LogP) is 2.26. The van der Waals surface area contributed by atoms with Gasteiger partial charge in [-0.05, 0) is 19.1 Å². The highest BCUT2D eigenvalue weighted by molar-refractivity contribution is 5.07. The molecule has 1 aromatic rings. The summed E-state index contributed by atoms with van der Waals surface area (Å²) < 4.78 is 16.3. The van der Waals surface area contributed by atoms with Crippen molar-refractivity contribution in [1.29, 1.82) is 0 Å². The molecule has 0 fully saturated rings. The number of nitrogens with one attached hydrogen (secondary N) is 1. The van der Waals surface area contributed by atoms with Crippen molar-refractivity contribution in [2.75, 3.05) is 34.0 Å². The van der Waals surface area contributed by atoms with E-state index in [-0.39, 0.29) is 0 Å². The van der Waals surface area contributed by atoms with Crippen molar-refractivity contribution in [1.82, 2.24) is 10.2 Å². The lowest BCUT2D eigenvalue weighted by Crippen LogP contribution is -2.37. The van der Waals surface area contributed by atoms with Gasteiger partial charge in [-0.15, -0.1) is 0 Å². The number of hydrogen-bond acceptors (Lipinski definition) is 5. The zero-order chi connectivity index (χ0) is 15.7. The number of nitrogens with zero attached hydrogens (tertiary/aromatic N) is 1. The molecule has 1 aromatic heterocycles. The van der Waals surface area contributed by atoms with Crippen LogP contribution in [0.3, 0.4) is 0 Å². The molecule has 5 heteroatoms. The van der Waals surface area contributed by atoms with Gasteiger partial charge in [0.2, 0.25) is 0 Å². The third-order valence-corrected chi connectivity index (χ3v) is 3.37. The Bertz CT molecular complexity index is 379.